The number of hydrogen-bond acceptors (Lipinski definition) is 3. The molecule has 0 aliphatic rings. The lowest BCUT2D eigenvalue weighted by molar-refractivity contribution is 0.184. The van der Waals surface area contributed by atoms with Crippen molar-refractivity contribution in [3.05, 3.63) is 29.6 Å². The smallest absolute Gasteiger partial charge is 0.107 e. The van der Waals surface area contributed by atoms with Crippen LogP contribution in [0.2, 0.25) is 0 Å². The first-order chi connectivity index (χ1) is 7.70. The van der Waals surface area contributed by atoms with Crippen LogP contribution in [-0.2, 0) is 13.0 Å². The molecule has 0 saturated carbocycles. The summed E-state index contributed by atoms with van der Waals surface area (Å²) in [7, 11) is 0. The normalized spacial score (nSPS) is 13.2. The quantitative estimate of drug-likeness (QED) is 0.726. The summed E-state index contributed by atoms with van der Waals surface area (Å²) >= 11 is 0. The fraction of sp³-hybridized carbons (Fsp3) is 0.417. The van der Waals surface area contributed by atoms with Crippen LogP contribution in [0.3, 0.4) is 0 Å². The van der Waals surface area contributed by atoms with Crippen LogP contribution in [0.15, 0.2) is 18.2 Å². The lowest BCUT2D eigenvalue weighted by Gasteiger charge is -1.99. The number of nitrogens with one attached hydrogen (secondary N) is 1. The van der Waals surface area contributed by atoms with Crippen molar-refractivity contribution in [2.75, 3.05) is 0 Å². The third kappa shape index (κ3) is 2.23. The summed E-state index contributed by atoms with van der Waals surface area (Å²) in [6.45, 7) is 2.28. The van der Waals surface area contributed by atoms with Crippen LogP contribution in [0.25, 0.3) is 11.0 Å². The van der Waals surface area contributed by atoms with Gasteiger partial charge in [0, 0.05) is 13.0 Å². The van der Waals surface area contributed by atoms with Gasteiger partial charge in [0.25, 0.3) is 0 Å². The number of fused-ring (bicyclic) bond motifs is 1. The number of aliphatic hydroxyl groups is 1. The van der Waals surface area contributed by atoms with Crippen molar-refractivity contribution in [3.8, 4) is 0 Å². The highest BCUT2D eigenvalue weighted by Crippen LogP contribution is 2.16. The van der Waals surface area contributed by atoms with E-state index in [1.165, 1.54) is 0 Å². The molecule has 1 unspecified atom stereocenters. The van der Waals surface area contributed by atoms with Gasteiger partial charge < -0.3 is 15.8 Å². The number of aromatic amines is 1. The Morgan fingerprint density at radius 1 is 1.50 bits per heavy atom. The minimum atomic E-state index is -0.290. The van der Waals surface area contributed by atoms with E-state index in [0.717, 1.165) is 35.3 Å². The second kappa shape index (κ2) is 4.63. The van der Waals surface area contributed by atoms with Crippen molar-refractivity contribution < 1.29 is 5.11 Å². The van der Waals surface area contributed by atoms with Crippen molar-refractivity contribution in [3.63, 3.8) is 0 Å². The minimum Gasteiger partial charge on any atom is -0.393 e. The van der Waals surface area contributed by atoms with E-state index in [2.05, 4.69) is 9.97 Å². The SMILES string of the molecule is CC(O)CCc1nc2c(CN)cccc2[nH]1. The van der Waals surface area contributed by atoms with Crippen molar-refractivity contribution in [2.45, 2.75) is 32.4 Å². The maximum atomic E-state index is 9.23. The number of imidazole rings is 1. The number of benzene rings is 1. The molecular weight excluding hydrogens is 202 g/mol. The molecule has 1 heterocycles. The summed E-state index contributed by atoms with van der Waals surface area (Å²) in [4.78, 5) is 7.76. The Morgan fingerprint density at radius 3 is 3.00 bits per heavy atom. The summed E-state index contributed by atoms with van der Waals surface area (Å²) < 4.78 is 0. The van der Waals surface area contributed by atoms with Gasteiger partial charge >= 0.3 is 0 Å². The van der Waals surface area contributed by atoms with E-state index in [1.54, 1.807) is 6.92 Å². The zero-order valence-corrected chi connectivity index (χ0v) is 9.40. The molecule has 2 aromatic rings. The number of nitrogens with zero attached hydrogens (tertiary/aromatic N) is 1. The Hall–Kier alpha value is -1.39. The fourth-order valence-electron chi connectivity index (χ4n) is 1.77. The van der Waals surface area contributed by atoms with Gasteiger partial charge in [-0.25, -0.2) is 4.98 Å². The van der Waals surface area contributed by atoms with Gasteiger partial charge in [0.05, 0.1) is 17.1 Å². The predicted molar refractivity (Wildman–Crippen MR) is 64.0 cm³/mol. The molecule has 0 aliphatic carbocycles. The Morgan fingerprint density at radius 2 is 2.31 bits per heavy atom. The third-order valence-corrected chi connectivity index (χ3v) is 2.66. The Balaban J connectivity index is 2.29. The minimum absolute atomic E-state index is 0.290. The van der Waals surface area contributed by atoms with Crippen LogP contribution >= 0.6 is 0 Å². The maximum Gasteiger partial charge on any atom is 0.107 e. The number of rotatable bonds is 4. The lowest BCUT2D eigenvalue weighted by Crippen LogP contribution is -2.02. The zero-order chi connectivity index (χ0) is 11.5. The van der Waals surface area contributed by atoms with Gasteiger partial charge in [0.2, 0.25) is 0 Å². The van der Waals surface area contributed by atoms with E-state index in [-0.39, 0.29) is 6.10 Å². The molecule has 1 atom stereocenters. The molecule has 16 heavy (non-hydrogen) atoms. The summed E-state index contributed by atoms with van der Waals surface area (Å²) in [5, 5.41) is 9.23. The first kappa shape index (κ1) is 11.1. The van der Waals surface area contributed by atoms with Crippen LogP contribution in [0.4, 0.5) is 0 Å². The molecule has 4 heteroatoms. The number of aromatic nitrogens is 2. The van der Waals surface area contributed by atoms with Crippen LogP contribution in [0.1, 0.15) is 24.7 Å². The first-order valence-electron chi connectivity index (χ1n) is 5.55. The molecule has 0 aliphatic heterocycles. The first-order valence-corrected chi connectivity index (χ1v) is 5.55. The molecule has 86 valence electrons. The molecule has 0 fully saturated rings. The van der Waals surface area contributed by atoms with E-state index in [4.69, 9.17) is 5.73 Å². The lowest BCUT2D eigenvalue weighted by atomic mass is 10.2. The van der Waals surface area contributed by atoms with Crippen molar-refractivity contribution in [2.24, 2.45) is 5.73 Å². The number of aliphatic hydroxyl groups excluding tert-OH is 1. The molecule has 1 aromatic carbocycles. The Bertz CT molecular complexity index is 476. The van der Waals surface area contributed by atoms with Gasteiger partial charge in [-0.15, -0.1) is 0 Å². The van der Waals surface area contributed by atoms with Crippen LogP contribution in [-0.4, -0.2) is 21.2 Å². The molecule has 0 bridgehead atoms. The molecule has 4 N–H and O–H groups in total. The van der Waals surface area contributed by atoms with E-state index in [1.807, 2.05) is 18.2 Å². The summed E-state index contributed by atoms with van der Waals surface area (Å²) in [6, 6.07) is 5.95. The molecule has 0 saturated heterocycles. The number of hydrogen-bond donors (Lipinski definition) is 3. The molecular formula is C12H17N3O. The van der Waals surface area contributed by atoms with E-state index in [0.29, 0.717) is 6.54 Å². The summed E-state index contributed by atoms with van der Waals surface area (Å²) in [5.41, 5.74) is 8.67. The fourth-order valence-corrected chi connectivity index (χ4v) is 1.77. The third-order valence-electron chi connectivity index (χ3n) is 2.66. The molecule has 2 rings (SSSR count). The second-order valence-electron chi connectivity index (χ2n) is 4.09. The number of H-pyrrole nitrogens is 1. The molecule has 0 spiro atoms. The Labute approximate surface area is 94.5 Å². The standard InChI is InChI=1S/C12H17N3O/c1-8(16)5-6-11-14-10-4-2-3-9(7-13)12(10)15-11/h2-4,8,16H,5-7,13H2,1H3,(H,14,15). The van der Waals surface area contributed by atoms with E-state index in [9.17, 15) is 5.11 Å². The van der Waals surface area contributed by atoms with Crippen LogP contribution in [0, 0.1) is 0 Å². The van der Waals surface area contributed by atoms with Gasteiger partial charge in [0.15, 0.2) is 0 Å². The van der Waals surface area contributed by atoms with Gasteiger partial charge in [-0.1, -0.05) is 12.1 Å². The average molecular weight is 219 g/mol. The van der Waals surface area contributed by atoms with Crippen molar-refractivity contribution >= 4 is 11.0 Å². The Kier molecular flexibility index (Phi) is 3.22. The molecule has 0 radical (unpaired) electrons. The highest BCUT2D eigenvalue weighted by Gasteiger charge is 2.06. The van der Waals surface area contributed by atoms with Crippen molar-refractivity contribution in [1.82, 2.24) is 9.97 Å². The van der Waals surface area contributed by atoms with Crippen molar-refractivity contribution in [1.29, 1.82) is 0 Å². The number of aryl methyl sites for hydroxylation is 1. The average Bonchev–Trinajstić information content (AvgIpc) is 2.68. The summed E-state index contributed by atoms with van der Waals surface area (Å²) in [5.74, 6) is 0.914. The van der Waals surface area contributed by atoms with Crippen LogP contribution in [0.5, 0.6) is 0 Å². The zero-order valence-electron chi connectivity index (χ0n) is 9.40. The molecule has 1 aromatic heterocycles. The second-order valence-corrected chi connectivity index (χ2v) is 4.09. The predicted octanol–water partition coefficient (Wildman–Crippen LogP) is 1.33. The molecule has 4 nitrogen and oxygen atoms in total. The van der Waals surface area contributed by atoms with E-state index >= 15 is 0 Å². The van der Waals surface area contributed by atoms with Gasteiger partial charge in [-0.2, -0.15) is 0 Å². The topological polar surface area (TPSA) is 74.9 Å². The number of nitrogens with two attached hydrogens (primary N) is 1. The summed E-state index contributed by atoms with van der Waals surface area (Å²) in [6.07, 6.45) is 1.19. The van der Waals surface area contributed by atoms with E-state index < -0.39 is 0 Å². The highest BCUT2D eigenvalue weighted by molar-refractivity contribution is 5.78. The van der Waals surface area contributed by atoms with Gasteiger partial charge in [-0.05, 0) is 25.0 Å². The molecule has 0 amide bonds. The van der Waals surface area contributed by atoms with Gasteiger partial charge in [0.1, 0.15) is 5.82 Å². The van der Waals surface area contributed by atoms with Gasteiger partial charge in [-0.3, -0.25) is 0 Å². The largest absolute Gasteiger partial charge is 0.393 e. The van der Waals surface area contributed by atoms with Crippen LogP contribution < -0.4 is 5.73 Å². The monoisotopic (exact) mass is 219 g/mol. The highest BCUT2D eigenvalue weighted by atomic mass is 16.3. The maximum absolute atomic E-state index is 9.23. The number of para-hydroxylation sites is 1.